The minimum atomic E-state index is -0.525. The smallest absolute Gasteiger partial charge is 0.241 e. The Morgan fingerprint density at radius 2 is 1.54 bits per heavy atom. The van der Waals surface area contributed by atoms with Gasteiger partial charge in [0.15, 0.2) is 0 Å². The average molecular weight is 824 g/mol. The van der Waals surface area contributed by atoms with Crippen molar-refractivity contribution in [1.82, 2.24) is 30.9 Å². The maximum absolute atomic E-state index is 13.9. The fourth-order valence-corrected chi connectivity index (χ4v) is 8.64. The number of rotatable bonds is 19. The number of para-hydroxylation sites is 1. The highest BCUT2D eigenvalue weighted by atomic mass is 33.1. The number of anilines is 1. The van der Waals surface area contributed by atoms with Crippen LogP contribution < -0.4 is 20.9 Å². The summed E-state index contributed by atoms with van der Waals surface area (Å²) in [5, 5.41) is 17.8. The van der Waals surface area contributed by atoms with Crippen molar-refractivity contribution in [3.63, 3.8) is 0 Å². The number of likely N-dealkylation sites (N-methyl/N-ethyl adjacent to an activating group) is 1. The second-order valence-electron chi connectivity index (χ2n) is 16.3. The third-order valence-electron chi connectivity index (χ3n) is 9.09. The molecular weight excluding hydrogens is 759 g/mol. The van der Waals surface area contributed by atoms with Gasteiger partial charge >= 0.3 is 0 Å². The van der Waals surface area contributed by atoms with Gasteiger partial charge in [0.1, 0.15) is 12.2 Å². The van der Waals surface area contributed by atoms with E-state index in [2.05, 4.69) is 67.8 Å². The highest BCUT2D eigenvalue weighted by Gasteiger charge is 2.30. The number of aromatic nitrogens is 3. The largest absolute Gasteiger partial charge is 0.375 e. The zero-order chi connectivity index (χ0) is 42.2. The second kappa shape index (κ2) is 22.9. The van der Waals surface area contributed by atoms with Crippen molar-refractivity contribution in [3.8, 4) is 22.5 Å². The molecule has 1 aliphatic heterocycles. The zero-order valence-electron chi connectivity index (χ0n) is 35.7. The van der Waals surface area contributed by atoms with Crippen molar-refractivity contribution < 1.29 is 23.9 Å². The Morgan fingerprint density at radius 1 is 0.877 bits per heavy atom. The van der Waals surface area contributed by atoms with Crippen molar-refractivity contribution >= 4 is 50.9 Å². The van der Waals surface area contributed by atoms with Gasteiger partial charge in [-0.05, 0) is 71.4 Å². The molecular formula is C43H65N7O5S2. The molecule has 3 aromatic rings. The van der Waals surface area contributed by atoms with E-state index in [1.165, 1.54) is 0 Å². The van der Waals surface area contributed by atoms with Gasteiger partial charge in [0.05, 0.1) is 23.5 Å². The summed E-state index contributed by atoms with van der Waals surface area (Å²) in [5.74, 6) is 1.30. The summed E-state index contributed by atoms with van der Waals surface area (Å²) in [6.07, 6.45) is 2.97. The number of amides is 4. The zero-order valence-corrected chi connectivity index (χ0v) is 37.3. The number of nitrogens with one attached hydrogen (secondary N) is 3. The summed E-state index contributed by atoms with van der Waals surface area (Å²) in [4.78, 5) is 52.9. The maximum atomic E-state index is 13.9. The number of nitrogens with zero attached hydrogens (tertiary/aromatic N) is 4. The molecule has 0 saturated heterocycles. The lowest BCUT2D eigenvalue weighted by Gasteiger charge is -2.31. The summed E-state index contributed by atoms with van der Waals surface area (Å²) in [7, 11) is 5.20. The molecule has 4 rings (SSSR count). The number of carbonyl (C=O) groups is 4. The van der Waals surface area contributed by atoms with Gasteiger partial charge in [0.2, 0.25) is 23.6 Å². The van der Waals surface area contributed by atoms with Gasteiger partial charge in [-0.3, -0.25) is 19.2 Å². The second-order valence-corrected chi connectivity index (χ2v) is 19.2. The molecule has 0 aliphatic carbocycles. The van der Waals surface area contributed by atoms with Crippen molar-refractivity contribution in [2.45, 2.75) is 130 Å². The van der Waals surface area contributed by atoms with Gasteiger partial charge in [0.25, 0.3) is 0 Å². The van der Waals surface area contributed by atoms with E-state index in [-0.39, 0.29) is 55.2 Å². The van der Waals surface area contributed by atoms with Crippen LogP contribution in [0.2, 0.25) is 0 Å². The van der Waals surface area contributed by atoms with Crippen molar-refractivity contribution in [1.29, 1.82) is 0 Å². The highest BCUT2D eigenvalue weighted by Crippen LogP contribution is 2.41. The minimum Gasteiger partial charge on any atom is -0.375 e. The molecule has 2 heterocycles. The maximum Gasteiger partial charge on any atom is 0.241 e. The molecule has 12 nitrogen and oxygen atoms in total. The molecule has 314 valence electrons. The van der Waals surface area contributed by atoms with Crippen LogP contribution in [0.25, 0.3) is 22.5 Å². The van der Waals surface area contributed by atoms with Crippen LogP contribution in [-0.4, -0.2) is 81.0 Å². The highest BCUT2D eigenvalue weighted by molar-refractivity contribution is 8.76. The first-order valence-electron chi connectivity index (χ1n) is 20.1. The number of hydrogen-bond acceptors (Lipinski definition) is 9. The Kier molecular flexibility index (Phi) is 19.1. The molecule has 0 fully saturated rings. The Morgan fingerprint density at radius 3 is 2.23 bits per heavy atom. The standard InChI is InChI=1S/C39H55N7O5S2.C4H10/c1-8-41-32(47)18-17-27(2)53-52-24-22-39(5,6)51-23-21-38(3,4)42-33(48)19-20-35(50)45-25-28-13-9-10-14-29(28)37-36(30-15-11-12-16-31(30)45)43-44-46(37)26-34(49)40-7;1-4(2)3/h9-16,27H,8,17-26H2,1-7H3,(H,40,49)(H,41,47)(H,42,48);4H,1-3H3. The van der Waals surface area contributed by atoms with E-state index in [0.29, 0.717) is 48.3 Å². The van der Waals surface area contributed by atoms with Crippen LogP contribution in [0.1, 0.15) is 106 Å². The van der Waals surface area contributed by atoms with Crippen LogP contribution in [-0.2, 0) is 37.0 Å². The van der Waals surface area contributed by atoms with Crippen molar-refractivity contribution in [2.24, 2.45) is 5.92 Å². The minimum absolute atomic E-state index is 0.00845. The van der Waals surface area contributed by atoms with E-state index in [9.17, 15) is 19.2 Å². The average Bonchev–Trinajstić information content (AvgIpc) is 3.55. The third kappa shape index (κ3) is 15.8. The van der Waals surface area contributed by atoms with Crippen LogP contribution >= 0.6 is 21.6 Å². The first-order valence-corrected chi connectivity index (χ1v) is 22.5. The van der Waals surface area contributed by atoms with Crippen LogP contribution in [0, 0.1) is 5.92 Å². The van der Waals surface area contributed by atoms with Gasteiger partial charge in [-0.1, -0.05) is 97.0 Å². The summed E-state index contributed by atoms with van der Waals surface area (Å²) in [6.45, 7) is 20.1. The predicted molar refractivity (Wildman–Crippen MR) is 235 cm³/mol. The molecule has 0 spiro atoms. The van der Waals surface area contributed by atoms with Crippen molar-refractivity contribution in [3.05, 3.63) is 54.1 Å². The number of hydrogen-bond donors (Lipinski definition) is 3. The molecule has 1 aliphatic rings. The van der Waals surface area contributed by atoms with Gasteiger partial charge in [-0.2, -0.15) is 0 Å². The Hall–Kier alpha value is -3.88. The first-order chi connectivity index (χ1) is 27.0. The van der Waals surface area contributed by atoms with E-state index >= 15 is 0 Å². The molecule has 14 heteroatoms. The lowest BCUT2D eigenvalue weighted by atomic mass is 9.95. The van der Waals surface area contributed by atoms with E-state index in [1.54, 1.807) is 16.6 Å². The van der Waals surface area contributed by atoms with Gasteiger partial charge in [-0.15, -0.1) is 5.10 Å². The molecule has 0 bridgehead atoms. The van der Waals surface area contributed by atoms with E-state index < -0.39 is 5.54 Å². The molecule has 1 unspecified atom stereocenters. The summed E-state index contributed by atoms with van der Waals surface area (Å²) >= 11 is 0. The fourth-order valence-electron chi connectivity index (χ4n) is 6.00. The normalized spacial score (nSPS) is 12.9. The first kappa shape index (κ1) is 47.5. The lowest BCUT2D eigenvalue weighted by Crippen LogP contribution is -2.45. The number of carbonyl (C=O) groups excluding carboxylic acids is 4. The molecule has 3 N–H and O–H groups in total. The fraction of sp³-hybridized carbons (Fsp3) is 0.581. The van der Waals surface area contributed by atoms with Crippen molar-refractivity contribution in [2.75, 3.05) is 30.9 Å². The quantitative estimate of drug-likeness (QED) is 0.0814. The summed E-state index contributed by atoms with van der Waals surface area (Å²) in [5.41, 5.74) is 3.57. The van der Waals surface area contributed by atoms with E-state index in [1.807, 2.05) is 90.9 Å². The Labute approximate surface area is 348 Å². The Balaban J connectivity index is 0.00000207. The number of benzene rings is 2. The Bertz CT molecular complexity index is 1770. The predicted octanol–water partition coefficient (Wildman–Crippen LogP) is 7.80. The molecule has 2 aromatic carbocycles. The van der Waals surface area contributed by atoms with E-state index in [4.69, 9.17) is 4.74 Å². The summed E-state index contributed by atoms with van der Waals surface area (Å²) in [6, 6.07) is 15.3. The monoisotopic (exact) mass is 823 g/mol. The molecule has 0 saturated carbocycles. The van der Waals surface area contributed by atoms with E-state index in [0.717, 1.165) is 41.2 Å². The lowest BCUT2D eigenvalue weighted by molar-refractivity contribution is -0.126. The molecule has 0 radical (unpaired) electrons. The SMILES string of the molecule is CC(C)C.CCNC(=O)CCC(C)SSCCC(C)(C)OCCC(C)(C)NC(=O)CCC(=O)N1Cc2ccccc2-c2c(nnn2CC(=O)NC)-c2ccccc21. The van der Waals surface area contributed by atoms with Gasteiger partial charge in [-0.25, -0.2) is 4.68 Å². The van der Waals surface area contributed by atoms with Gasteiger partial charge in [0, 0.05) is 67.1 Å². The number of ether oxygens (including phenoxy) is 1. The van der Waals surface area contributed by atoms with Crippen LogP contribution in [0.3, 0.4) is 0 Å². The number of fused-ring (bicyclic) bond motifs is 5. The van der Waals surface area contributed by atoms with Crippen LogP contribution in [0.4, 0.5) is 5.69 Å². The van der Waals surface area contributed by atoms with Crippen LogP contribution in [0.5, 0.6) is 0 Å². The summed E-state index contributed by atoms with van der Waals surface area (Å²) < 4.78 is 7.85. The topological polar surface area (TPSA) is 148 Å². The molecule has 4 amide bonds. The third-order valence-corrected chi connectivity index (χ3v) is 12.1. The van der Waals surface area contributed by atoms with Gasteiger partial charge < -0.3 is 25.6 Å². The van der Waals surface area contributed by atoms with Crippen LogP contribution in [0.15, 0.2) is 48.5 Å². The molecule has 57 heavy (non-hydrogen) atoms. The molecule has 1 aromatic heterocycles. The molecule has 1 atom stereocenters.